The molecule has 3 heterocycles. The van der Waals surface area contributed by atoms with Crippen LogP contribution in [0.25, 0.3) is 11.0 Å². The molecule has 10 heteroatoms. The molecule has 29 heavy (non-hydrogen) atoms. The zero-order chi connectivity index (χ0) is 21.3. The zero-order valence-electron chi connectivity index (χ0n) is 16.6. The molecule has 2 aromatic heterocycles. The first-order valence-corrected chi connectivity index (χ1v) is 9.22. The highest BCUT2D eigenvalue weighted by molar-refractivity contribution is 5.83. The number of fused-ring (bicyclic) bond motifs is 1. The van der Waals surface area contributed by atoms with Gasteiger partial charge in [-0.1, -0.05) is 11.8 Å². The first-order chi connectivity index (χ1) is 13.7. The van der Waals surface area contributed by atoms with Crippen molar-refractivity contribution in [2.24, 2.45) is 11.1 Å². The van der Waals surface area contributed by atoms with Crippen LogP contribution in [0.1, 0.15) is 39.0 Å². The fourth-order valence-electron chi connectivity index (χ4n) is 3.11. The molecule has 6 N–H and O–H groups in total. The molecule has 0 spiro atoms. The molecule has 3 atom stereocenters. The van der Waals surface area contributed by atoms with Crippen LogP contribution in [0, 0.1) is 17.3 Å². The van der Waals surface area contributed by atoms with Crippen molar-refractivity contribution in [3.63, 3.8) is 0 Å². The first-order valence-electron chi connectivity index (χ1n) is 9.22. The Labute approximate surface area is 167 Å². The van der Waals surface area contributed by atoms with Gasteiger partial charge in [0.05, 0.1) is 29.5 Å². The Hall–Kier alpha value is -2.87. The van der Waals surface area contributed by atoms with Crippen LogP contribution in [0.2, 0.25) is 0 Å². The van der Waals surface area contributed by atoms with Crippen molar-refractivity contribution in [1.82, 2.24) is 14.5 Å². The number of hydrogen-bond donors (Lipinski definition) is 4. The minimum Gasteiger partial charge on any atom is -0.459 e. The molecule has 0 saturated carbocycles. The second kappa shape index (κ2) is 7.87. The van der Waals surface area contributed by atoms with Gasteiger partial charge in [-0.2, -0.15) is 4.98 Å². The number of H-pyrrole nitrogens is 1. The van der Waals surface area contributed by atoms with E-state index in [0.717, 1.165) is 0 Å². The molecule has 1 unspecified atom stereocenters. The third-order valence-electron chi connectivity index (χ3n) is 4.57. The van der Waals surface area contributed by atoms with Gasteiger partial charge in [-0.25, -0.2) is 0 Å². The van der Waals surface area contributed by atoms with E-state index in [4.69, 9.17) is 20.9 Å². The highest BCUT2D eigenvalue weighted by Crippen LogP contribution is 2.34. The van der Waals surface area contributed by atoms with Gasteiger partial charge in [-0.15, -0.1) is 0 Å². The highest BCUT2D eigenvalue weighted by atomic mass is 16.6. The molecule has 1 fully saturated rings. The first kappa shape index (κ1) is 20.9. The van der Waals surface area contributed by atoms with Gasteiger partial charge in [0.15, 0.2) is 5.65 Å². The summed E-state index contributed by atoms with van der Waals surface area (Å²) >= 11 is 0. The molecule has 156 valence electrons. The molecule has 1 saturated heterocycles. The number of carbonyl (C=O) groups is 1. The number of carbonyl (C=O) groups excluding carboxylic acids is 1. The molecular weight excluding hydrogens is 378 g/mol. The third-order valence-corrected chi connectivity index (χ3v) is 4.57. The lowest BCUT2D eigenvalue weighted by atomic mass is 9.97. The highest BCUT2D eigenvalue weighted by Gasteiger charge is 2.41. The second-order valence-corrected chi connectivity index (χ2v) is 7.85. The second-order valence-electron chi connectivity index (χ2n) is 7.85. The van der Waals surface area contributed by atoms with E-state index >= 15 is 0 Å². The van der Waals surface area contributed by atoms with Gasteiger partial charge in [-0.05, 0) is 20.8 Å². The summed E-state index contributed by atoms with van der Waals surface area (Å²) in [6, 6.07) is 0. The maximum absolute atomic E-state index is 12.4. The Balaban J connectivity index is 2.00. The Bertz CT molecular complexity index is 1040. The summed E-state index contributed by atoms with van der Waals surface area (Å²) in [4.78, 5) is 31.4. The fraction of sp³-hybridized carbons (Fsp3) is 0.526. The van der Waals surface area contributed by atoms with Crippen LogP contribution in [0.3, 0.4) is 0 Å². The summed E-state index contributed by atoms with van der Waals surface area (Å²) in [5, 5.41) is 9.95. The summed E-state index contributed by atoms with van der Waals surface area (Å²) in [6.45, 7) is 5.05. The SMILES string of the molecule is CC(C)(C)C(=O)O[C@H]1CC(n2cc(C#CCN)c3c(=O)[nH]c(N)nc32)O[C@@H]1CO. The molecule has 1 aliphatic heterocycles. The van der Waals surface area contributed by atoms with E-state index in [-0.39, 0.29) is 36.6 Å². The van der Waals surface area contributed by atoms with Gasteiger partial charge in [0.25, 0.3) is 5.56 Å². The van der Waals surface area contributed by atoms with E-state index in [2.05, 4.69) is 21.8 Å². The van der Waals surface area contributed by atoms with Crippen LogP contribution >= 0.6 is 0 Å². The Kier molecular flexibility index (Phi) is 5.66. The number of aliphatic hydroxyl groups is 1. The maximum atomic E-state index is 12.4. The number of aliphatic hydroxyl groups excluding tert-OH is 1. The molecule has 0 amide bonds. The van der Waals surface area contributed by atoms with E-state index < -0.39 is 35.4 Å². The fourth-order valence-corrected chi connectivity index (χ4v) is 3.11. The maximum Gasteiger partial charge on any atom is 0.311 e. The number of nitrogens with two attached hydrogens (primary N) is 2. The number of ether oxygens (including phenoxy) is 2. The van der Waals surface area contributed by atoms with Crippen LogP contribution < -0.4 is 17.0 Å². The average molecular weight is 403 g/mol. The van der Waals surface area contributed by atoms with E-state index in [1.165, 1.54) is 0 Å². The van der Waals surface area contributed by atoms with E-state index in [9.17, 15) is 14.7 Å². The molecule has 0 radical (unpaired) electrons. The number of nitrogens with zero attached hydrogens (tertiary/aromatic N) is 2. The standard InChI is InChI=1S/C19H25N5O5/c1-19(2,3)17(27)29-11-7-13(28-12(11)9-25)24-8-10(5-4-6-20)14-15(24)22-18(21)23-16(14)26/h8,11-13,25H,6-7,9,20H2,1-3H3,(H3,21,22,23,26)/t11-,12+,13?/m0/s1. The predicted octanol–water partition coefficient (Wildman–Crippen LogP) is -0.145. The lowest BCUT2D eigenvalue weighted by molar-refractivity contribution is -0.162. The predicted molar refractivity (Wildman–Crippen MR) is 106 cm³/mol. The van der Waals surface area contributed by atoms with Crippen LogP contribution in [0.4, 0.5) is 5.95 Å². The van der Waals surface area contributed by atoms with Crippen LogP contribution in [-0.2, 0) is 14.3 Å². The van der Waals surface area contributed by atoms with E-state index in [1.807, 2.05) is 0 Å². The number of aromatic nitrogens is 3. The lowest BCUT2D eigenvalue weighted by Crippen LogP contribution is -2.34. The zero-order valence-corrected chi connectivity index (χ0v) is 16.6. The van der Waals surface area contributed by atoms with Gasteiger partial charge >= 0.3 is 5.97 Å². The molecular formula is C19H25N5O5. The van der Waals surface area contributed by atoms with Gasteiger partial charge in [0, 0.05) is 12.6 Å². The minimum absolute atomic E-state index is 0.0485. The van der Waals surface area contributed by atoms with Crippen molar-refractivity contribution in [2.75, 3.05) is 18.9 Å². The summed E-state index contributed by atoms with van der Waals surface area (Å²) in [5.41, 5.74) is 10.8. The smallest absolute Gasteiger partial charge is 0.311 e. The van der Waals surface area contributed by atoms with Crippen LogP contribution in [0.5, 0.6) is 0 Å². The van der Waals surface area contributed by atoms with Crippen molar-refractivity contribution in [3.05, 3.63) is 22.1 Å². The van der Waals surface area contributed by atoms with Crippen molar-refractivity contribution in [3.8, 4) is 11.8 Å². The van der Waals surface area contributed by atoms with E-state index in [0.29, 0.717) is 5.56 Å². The summed E-state index contributed by atoms with van der Waals surface area (Å²) in [5.74, 6) is 5.13. The monoisotopic (exact) mass is 403 g/mol. The van der Waals surface area contributed by atoms with Crippen molar-refractivity contribution in [2.45, 2.75) is 45.6 Å². The molecule has 1 aliphatic rings. The molecule has 0 aliphatic carbocycles. The van der Waals surface area contributed by atoms with E-state index in [1.54, 1.807) is 31.5 Å². The van der Waals surface area contributed by atoms with Gasteiger partial charge in [0.1, 0.15) is 18.4 Å². The van der Waals surface area contributed by atoms with Crippen LogP contribution in [0.15, 0.2) is 11.0 Å². The number of rotatable bonds is 3. The Morgan fingerprint density at radius 3 is 2.86 bits per heavy atom. The average Bonchev–Trinajstić information content (AvgIpc) is 3.20. The largest absolute Gasteiger partial charge is 0.459 e. The number of esters is 1. The third kappa shape index (κ3) is 4.12. The molecule has 3 rings (SSSR count). The normalized spacial score (nSPS) is 21.8. The topological polar surface area (TPSA) is 158 Å². The molecule has 0 aromatic carbocycles. The minimum atomic E-state index is -0.707. The quantitative estimate of drug-likeness (QED) is 0.407. The van der Waals surface area contributed by atoms with Crippen molar-refractivity contribution in [1.29, 1.82) is 0 Å². The van der Waals surface area contributed by atoms with Gasteiger partial charge in [0.2, 0.25) is 5.95 Å². The molecule has 10 nitrogen and oxygen atoms in total. The Morgan fingerprint density at radius 2 is 2.24 bits per heavy atom. The number of anilines is 1. The molecule has 2 aromatic rings. The number of nitrogen functional groups attached to an aromatic ring is 1. The van der Waals surface area contributed by atoms with Crippen LogP contribution in [-0.4, -0.2) is 51.0 Å². The van der Waals surface area contributed by atoms with Gasteiger partial charge in [-0.3, -0.25) is 14.6 Å². The summed E-state index contributed by atoms with van der Waals surface area (Å²) in [7, 11) is 0. The number of hydrogen-bond acceptors (Lipinski definition) is 8. The lowest BCUT2D eigenvalue weighted by Gasteiger charge is -2.22. The molecule has 0 bridgehead atoms. The van der Waals surface area contributed by atoms with Gasteiger partial charge < -0.3 is 30.6 Å². The number of nitrogens with one attached hydrogen (secondary N) is 1. The number of aromatic amines is 1. The Morgan fingerprint density at radius 1 is 1.52 bits per heavy atom. The van der Waals surface area contributed by atoms with Crippen molar-refractivity contribution >= 4 is 23.0 Å². The van der Waals surface area contributed by atoms with Crippen molar-refractivity contribution < 1.29 is 19.4 Å². The summed E-state index contributed by atoms with van der Waals surface area (Å²) < 4.78 is 13.1. The summed E-state index contributed by atoms with van der Waals surface area (Å²) in [6.07, 6.45) is -0.0832.